The van der Waals surface area contributed by atoms with E-state index in [1.807, 2.05) is 60.8 Å². The summed E-state index contributed by atoms with van der Waals surface area (Å²) >= 11 is 13.9. The highest BCUT2D eigenvalue weighted by atomic mass is 35.5. The summed E-state index contributed by atoms with van der Waals surface area (Å²) in [5.74, 6) is 1.75. The van der Waals surface area contributed by atoms with Crippen LogP contribution in [0.25, 0.3) is 0 Å². The molecule has 1 amide bonds. The molecule has 4 rings (SSSR count). The second kappa shape index (κ2) is 11.1. The Morgan fingerprint density at radius 3 is 2.47 bits per heavy atom. The van der Waals surface area contributed by atoms with Gasteiger partial charge >= 0.3 is 0 Å². The van der Waals surface area contributed by atoms with Crippen molar-refractivity contribution in [2.45, 2.75) is 10.6 Å². The molecule has 1 saturated heterocycles. The minimum Gasteiger partial charge on any atom is -0.354 e. The van der Waals surface area contributed by atoms with Crippen LogP contribution >= 0.6 is 35.0 Å². The van der Waals surface area contributed by atoms with Gasteiger partial charge in [0.15, 0.2) is 0 Å². The smallest absolute Gasteiger partial charge is 0.238 e. The van der Waals surface area contributed by atoms with Gasteiger partial charge in [-0.3, -0.25) is 9.69 Å². The zero-order valence-electron chi connectivity index (χ0n) is 17.5. The molecule has 5 nitrogen and oxygen atoms in total. The maximum atomic E-state index is 12.5. The molecule has 0 saturated carbocycles. The fraction of sp³-hybridized carbons (Fsp3) is 0.250. The predicted molar refractivity (Wildman–Crippen MR) is 134 cm³/mol. The molecular weight excluding hydrogens is 463 g/mol. The van der Waals surface area contributed by atoms with Gasteiger partial charge in [0.2, 0.25) is 5.91 Å². The van der Waals surface area contributed by atoms with Gasteiger partial charge in [-0.05, 0) is 54.1 Å². The van der Waals surface area contributed by atoms with E-state index in [0.717, 1.165) is 53.9 Å². The molecule has 2 aromatic carbocycles. The average molecular weight is 487 g/mol. The van der Waals surface area contributed by atoms with E-state index in [-0.39, 0.29) is 5.91 Å². The van der Waals surface area contributed by atoms with Gasteiger partial charge in [-0.2, -0.15) is 0 Å². The monoisotopic (exact) mass is 486 g/mol. The quantitative estimate of drug-likeness (QED) is 0.450. The van der Waals surface area contributed by atoms with Crippen LogP contribution in [0, 0.1) is 0 Å². The molecule has 0 bridgehead atoms. The third-order valence-electron chi connectivity index (χ3n) is 5.26. The van der Waals surface area contributed by atoms with Crippen LogP contribution in [0.3, 0.4) is 0 Å². The maximum Gasteiger partial charge on any atom is 0.238 e. The van der Waals surface area contributed by atoms with Gasteiger partial charge in [0.1, 0.15) is 5.82 Å². The van der Waals surface area contributed by atoms with Crippen LogP contribution in [0.4, 0.5) is 11.5 Å². The lowest BCUT2D eigenvalue weighted by molar-refractivity contribution is -0.117. The number of amides is 1. The summed E-state index contributed by atoms with van der Waals surface area (Å²) in [5.41, 5.74) is 1.84. The third kappa shape index (κ3) is 6.39. The Hall–Kier alpha value is -2.25. The van der Waals surface area contributed by atoms with Gasteiger partial charge in [-0.15, -0.1) is 11.8 Å². The molecule has 3 aromatic rings. The molecular formula is C24H24Cl2N4OS. The molecule has 2 heterocycles. The number of aromatic nitrogens is 1. The van der Waals surface area contributed by atoms with E-state index < -0.39 is 0 Å². The molecule has 0 unspecified atom stereocenters. The number of hydrogen-bond acceptors (Lipinski definition) is 5. The Morgan fingerprint density at radius 2 is 1.78 bits per heavy atom. The Balaban J connectivity index is 1.22. The molecule has 1 aliphatic heterocycles. The highest BCUT2D eigenvalue weighted by Crippen LogP contribution is 2.29. The Morgan fingerprint density at radius 1 is 1.00 bits per heavy atom. The SMILES string of the molecule is O=C(CN1CCN(c2ccccn2)CC1)Nc1ccc(SCc2ccc(Cl)cc2Cl)cc1. The number of hydrogen-bond donors (Lipinski definition) is 1. The number of rotatable bonds is 7. The van der Waals surface area contributed by atoms with Gasteiger partial charge < -0.3 is 10.2 Å². The lowest BCUT2D eigenvalue weighted by atomic mass is 10.2. The molecule has 1 fully saturated rings. The molecule has 8 heteroatoms. The number of piperazine rings is 1. The number of pyridine rings is 1. The predicted octanol–water partition coefficient (Wildman–Crippen LogP) is 5.44. The normalized spacial score (nSPS) is 14.4. The van der Waals surface area contributed by atoms with Crippen molar-refractivity contribution >= 4 is 52.4 Å². The van der Waals surface area contributed by atoms with E-state index in [4.69, 9.17) is 23.2 Å². The summed E-state index contributed by atoms with van der Waals surface area (Å²) in [6.07, 6.45) is 1.81. The first-order chi connectivity index (χ1) is 15.6. The van der Waals surface area contributed by atoms with Gasteiger partial charge in [0.25, 0.3) is 0 Å². The van der Waals surface area contributed by atoms with Crippen molar-refractivity contribution in [3.05, 3.63) is 82.5 Å². The van der Waals surface area contributed by atoms with Crippen molar-refractivity contribution in [3.63, 3.8) is 0 Å². The number of nitrogens with zero attached hydrogens (tertiary/aromatic N) is 3. The summed E-state index contributed by atoms with van der Waals surface area (Å²) in [6.45, 7) is 3.81. The average Bonchev–Trinajstić information content (AvgIpc) is 2.80. The Bertz CT molecular complexity index is 1040. The summed E-state index contributed by atoms with van der Waals surface area (Å²) in [4.78, 5) is 22.4. The third-order valence-corrected chi connectivity index (χ3v) is 6.91. The molecule has 0 atom stereocenters. The number of halogens is 2. The number of nitrogens with one attached hydrogen (secondary N) is 1. The lowest BCUT2D eigenvalue weighted by Crippen LogP contribution is -2.48. The highest BCUT2D eigenvalue weighted by Gasteiger charge is 2.19. The largest absolute Gasteiger partial charge is 0.354 e. The molecule has 32 heavy (non-hydrogen) atoms. The highest BCUT2D eigenvalue weighted by molar-refractivity contribution is 7.98. The first kappa shape index (κ1) is 22.9. The summed E-state index contributed by atoms with van der Waals surface area (Å²) in [7, 11) is 0. The zero-order valence-corrected chi connectivity index (χ0v) is 19.8. The van der Waals surface area contributed by atoms with E-state index >= 15 is 0 Å². The van der Waals surface area contributed by atoms with E-state index in [1.54, 1.807) is 17.8 Å². The van der Waals surface area contributed by atoms with E-state index in [9.17, 15) is 4.79 Å². The van der Waals surface area contributed by atoms with E-state index in [1.165, 1.54) is 0 Å². The van der Waals surface area contributed by atoms with Crippen LogP contribution in [0.1, 0.15) is 5.56 Å². The van der Waals surface area contributed by atoms with Crippen LogP contribution in [-0.2, 0) is 10.5 Å². The standard InChI is InChI=1S/C24H24Cl2N4OS/c25-19-5-4-18(22(26)15-19)17-32-21-8-6-20(7-9-21)28-24(31)16-29-11-13-30(14-12-29)23-3-1-2-10-27-23/h1-10,15H,11-14,16-17H2,(H,28,31). The molecule has 0 radical (unpaired) electrons. The second-order valence-corrected chi connectivity index (χ2v) is 9.44. The van der Waals surface area contributed by atoms with E-state index in [2.05, 4.69) is 20.1 Å². The van der Waals surface area contributed by atoms with Crippen molar-refractivity contribution in [2.24, 2.45) is 0 Å². The molecule has 1 aromatic heterocycles. The number of thioether (sulfide) groups is 1. The topological polar surface area (TPSA) is 48.5 Å². The number of carbonyl (C=O) groups is 1. The fourth-order valence-corrected chi connectivity index (χ4v) is 4.97. The van der Waals surface area contributed by atoms with Crippen LogP contribution < -0.4 is 10.2 Å². The van der Waals surface area contributed by atoms with Gasteiger partial charge in [-0.25, -0.2) is 4.98 Å². The van der Waals surface area contributed by atoms with Gasteiger partial charge in [0, 0.05) is 58.8 Å². The molecule has 1 aliphatic rings. The number of carbonyl (C=O) groups excluding carboxylic acids is 1. The van der Waals surface area contributed by atoms with Crippen molar-refractivity contribution < 1.29 is 4.79 Å². The van der Waals surface area contributed by atoms with Crippen molar-refractivity contribution in [2.75, 3.05) is 42.9 Å². The summed E-state index contributed by atoms with van der Waals surface area (Å²) < 4.78 is 0. The number of benzene rings is 2. The van der Waals surface area contributed by atoms with Crippen LogP contribution in [0.5, 0.6) is 0 Å². The van der Waals surface area contributed by atoms with Gasteiger partial charge in [0.05, 0.1) is 6.54 Å². The van der Waals surface area contributed by atoms with Crippen molar-refractivity contribution in [3.8, 4) is 0 Å². The maximum absolute atomic E-state index is 12.5. The Kier molecular flexibility index (Phi) is 7.92. The first-order valence-corrected chi connectivity index (χ1v) is 12.2. The second-order valence-electron chi connectivity index (χ2n) is 7.55. The van der Waals surface area contributed by atoms with Crippen LogP contribution in [-0.4, -0.2) is 48.5 Å². The van der Waals surface area contributed by atoms with Crippen molar-refractivity contribution in [1.29, 1.82) is 0 Å². The molecule has 0 spiro atoms. The minimum atomic E-state index is 0.00429. The molecule has 1 N–H and O–H groups in total. The fourth-order valence-electron chi connectivity index (χ4n) is 3.51. The first-order valence-electron chi connectivity index (χ1n) is 10.4. The summed E-state index contributed by atoms with van der Waals surface area (Å²) in [6, 6.07) is 19.4. The van der Waals surface area contributed by atoms with Crippen LogP contribution in [0.15, 0.2) is 71.8 Å². The zero-order chi connectivity index (χ0) is 22.3. The number of anilines is 2. The minimum absolute atomic E-state index is 0.00429. The summed E-state index contributed by atoms with van der Waals surface area (Å²) in [5, 5.41) is 4.31. The van der Waals surface area contributed by atoms with Crippen LogP contribution in [0.2, 0.25) is 10.0 Å². The molecule has 166 valence electrons. The Labute approximate surface area is 202 Å². The van der Waals surface area contributed by atoms with Gasteiger partial charge in [-0.1, -0.05) is 35.3 Å². The molecule has 0 aliphatic carbocycles. The lowest BCUT2D eigenvalue weighted by Gasteiger charge is -2.34. The van der Waals surface area contributed by atoms with Crippen molar-refractivity contribution in [1.82, 2.24) is 9.88 Å². The van der Waals surface area contributed by atoms with E-state index in [0.29, 0.717) is 16.6 Å².